The number of carbonyl (C=O) groups is 2. The highest BCUT2D eigenvalue weighted by Gasteiger charge is 2.25. The quantitative estimate of drug-likeness (QED) is 0.753. The molecule has 26 heavy (non-hydrogen) atoms. The highest BCUT2D eigenvalue weighted by atomic mass is 16.5. The van der Waals surface area contributed by atoms with Gasteiger partial charge in [-0.3, -0.25) is 9.59 Å². The van der Waals surface area contributed by atoms with Crippen molar-refractivity contribution in [3.05, 3.63) is 66.2 Å². The largest absolute Gasteiger partial charge is 0.484 e. The van der Waals surface area contributed by atoms with Gasteiger partial charge in [-0.1, -0.05) is 48.5 Å². The maximum Gasteiger partial charge on any atom is 0.261 e. The number of nitrogens with zero attached hydrogens (tertiary/aromatic N) is 1. The lowest BCUT2D eigenvalue weighted by molar-refractivity contribution is -0.141. The van der Waals surface area contributed by atoms with Crippen LogP contribution < -0.4 is 10.1 Å². The first-order valence-electron chi connectivity index (χ1n) is 8.90. The second-order valence-electron chi connectivity index (χ2n) is 6.00. The molecule has 1 atom stereocenters. The van der Waals surface area contributed by atoms with Gasteiger partial charge in [0.2, 0.25) is 5.91 Å². The van der Waals surface area contributed by atoms with Gasteiger partial charge in [0, 0.05) is 13.1 Å². The smallest absolute Gasteiger partial charge is 0.261 e. The molecule has 0 aliphatic rings. The van der Waals surface area contributed by atoms with Crippen molar-refractivity contribution in [1.82, 2.24) is 10.2 Å². The number of rotatable bonds is 9. The van der Waals surface area contributed by atoms with Gasteiger partial charge in [0.15, 0.2) is 6.61 Å². The lowest BCUT2D eigenvalue weighted by Crippen LogP contribution is -2.50. The summed E-state index contributed by atoms with van der Waals surface area (Å²) in [6, 6.07) is 18.6. The van der Waals surface area contributed by atoms with Gasteiger partial charge in [-0.2, -0.15) is 0 Å². The van der Waals surface area contributed by atoms with Crippen LogP contribution in [-0.2, 0) is 16.0 Å². The Balaban J connectivity index is 2.02. The van der Waals surface area contributed by atoms with Crippen LogP contribution in [0.1, 0.15) is 19.4 Å². The van der Waals surface area contributed by atoms with Gasteiger partial charge in [0.25, 0.3) is 5.91 Å². The molecule has 0 aliphatic heterocycles. The number of hydrogen-bond donors (Lipinski definition) is 1. The summed E-state index contributed by atoms with van der Waals surface area (Å²) >= 11 is 0. The predicted octanol–water partition coefficient (Wildman–Crippen LogP) is 2.66. The Hall–Kier alpha value is -2.82. The first-order valence-corrected chi connectivity index (χ1v) is 8.90. The molecule has 2 aromatic rings. The molecule has 0 spiro atoms. The molecular weight excluding hydrogens is 328 g/mol. The third-order valence-corrected chi connectivity index (χ3v) is 4.11. The van der Waals surface area contributed by atoms with Crippen LogP contribution in [0.15, 0.2) is 60.7 Å². The number of hydrogen-bond acceptors (Lipinski definition) is 3. The number of ether oxygens (including phenoxy) is 1. The van der Waals surface area contributed by atoms with Crippen molar-refractivity contribution in [2.45, 2.75) is 26.3 Å². The third-order valence-electron chi connectivity index (χ3n) is 4.11. The molecule has 2 aromatic carbocycles. The Morgan fingerprint density at radius 1 is 1.04 bits per heavy atom. The fraction of sp³-hybridized carbons (Fsp3) is 0.333. The van der Waals surface area contributed by atoms with Crippen LogP contribution in [0.2, 0.25) is 0 Å². The zero-order valence-corrected chi connectivity index (χ0v) is 15.4. The van der Waals surface area contributed by atoms with Crippen molar-refractivity contribution in [3.8, 4) is 5.75 Å². The molecule has 0 aromatic heterocycles. The van der Waals surface area contributed by atoms with E-state index in [-0.39, 0.29) is 18.4 Å². The zero-order chi connectivity index (χ0) is 18.8. The molecule has 5 nitrogen and oxygen atoms in total. The molecule has 138 valence electrons. The van der Waals surface area contributed by atoms with E-state index in [0.717, 1.165) is 5.56 Å². The van der Waals surface area contributed by atoms with E-state index in [4.69, 9.17) is 4.74 Å². The normalized spacial score (nSPS) is 11.5. The molecule has 0 fully saturated rings. The van der Waals surface area contributed by atoms with Crippen LogP contribution in [0.4, 0.5) is 0 Å². The molecule has 0 aliphatic carbocycles. The maximum atomic E-state index is 12.7. The van der Waals surface area contributed by atoms with Crippen molar-refractivity contribution < 1.29 is 14.3 Å². The van der Waals surface area contributed by atoms with Gasteiger partial charge in [-0.25, -0.2) is 0 Å². The molecule has 1 N–H and O–H groups in total. The molecular formula is C21H26N2O3. The van der Waals surface area contributed by atoms with Crippen LogP contribution in [0, 0.1) is 0 Å². The Morgan fingerprint density at radius 2 is 1.65 bits per heavy atom. The van der Waals surface area contributed by atoms with Gasteiger partial charge in [-0.05, 0) is 38.0 Å². The summed E-state index contributed by atoms with van der Waals surface area (Å²) in [6.45, 7) is 4.50. The van der Waals surface area contributed by atoms with Crippen LogP contribution in [0.5, 0.6) is 5.75 Å². The van der Waals surface area contributed by atoms with E-state index in [9.17, 15) is 9.59 Å². The fourth-order valence-electron chi connectivity index (χ4n) is 2.64. The van der Waals surface area contributed by atoms with Gasteiger partial charge in [0.1, 0.15) is 11.8 Å². The standard InChI is InChI=1S/C21H26N2O3/c1-3-22-21(25)17(2)23(15-14-18-10-6-4-7-11-18)20(24)16-26-19-12-8-5-9-13-19/h4-13,17H,3,14-16H2,1-2H3,(H,22,25). The Kier molecular flexibility index (Phi) is 7.68. The fourth-order valence-corrected chi connectivity index (χ4v) is 2.64. The summed E-state index contributed by atoms with van der Waals surface area (Å²) < 4.78 is 5.57. The van der Waals surface area contributed by atoms with E-state index in [2.05, 4.69) is 5.32 Å². The minimum Gasteiger partial charge on any atom is -0.484 e. The first-order chi connectivity index (χ1) is 12.6. The highest BCUT2D eigenvalue weighted by Crippen LogP contribution is 2.10. The first kappa shape index (κ1) is 19.5. The van der Waals surface area contributed by atoms with E-state index < -0.39 is 6.04 Å². The van der Waals surface area contributed by atoms with Gasteiger partial charge in [-0.15, -0.1) is 0 Å². The lowest BCUT2D eigenvalue weighted by atomic mass is 10.1. The van der Waals surface area contributed by atoms with E-state index >= 15 is 0 Å². The van der Waals surface area contributed by atoms with Gasteiger partial charge in [0.05, 0.1) is 0 Å². The number of likely N-dealkylation sites (N-methyl/N-ethyl adjacent to an activating group) is 1. The average molecular weight is 354 g/mol. The topological polar surface area (TPSA) is 58.6 Å². The number of nitrogens with one attached hydrogen (secondary N) is 1. The van der Waals surface area contributed by atoms with Crippen LogP contribution in [-0.4, -0.2) is 42.5 Å². The second kappa shape index (κ2) is 10.2. The maximum absolute atomic E-state index is 12.7. The minimum absolute atomic E-state index is 0.0947. The van der Waals surface area contributed by atoms with E-state index in [1.165, 1.54) is 0 Å². The number of carbonyl (C=O) groups excluding carboxylic acids is 2. The summed E-state index contributed by atoms with van der Waals surface area (Å²) in [5.74, 6) is 0.270. The molecule has 5 heteroatoms. The second-order valence-corrected chi connectivity index (χ2v) is 6.00. The van der Waals surface area contributed by atoms with Crippen molar-refractivity contribution >= 4 is 11.8 Å². The van der Waals surface area contributed by atoms with Gasteiger partial charge >= 0.3 is 0 Å². The third kappa shape index (κ3) is 5.92. The molecule has 0 heterocycles. The monoisotopic (exact) mass is 354 g/mol. The van der Waals surface area contributed by atoms with Crippen LogP contribution >= 0.6 is 0 Å². The molecule has 2 amide bonds. The Morgan fingerprint density at radius 3 is 2.27 bits per heavy atom. The minimum atomic E-state index is -0.550. The lowest BCUT2D eigenvalue weighted by Gasteiger charge is -2.28. The zero-order valence-electron chi connectivity index (χ0n) is 15.4. The summed E-state index contributed by atoms with van der Waals surface area (Å²) in [5, 5.41) is 2.78. The highest BCUT2D eigenvalue weighted by molar-refractivity contribution is 5.87. The van der Waals surface area contributed by atoms with Crippen LogP contribution in [0.25, 0.3) is 0 Å². The molecule has 0 saturated carbocycles. The van der Waals surface area contributed by atoms with Crippen molar-refractivity contribution in [2.24, 2.45) is 0 Å². The van der Waals surface area contributed by atoms with E-state index in [1.807, 2.05) is 55.5 Å². The number of benzene rings is 2. The van der Waals surface area contributed by atoms with Gasteiger partial charge < -0.3 is 15.0 Å². The number of para-hydroxylation sites is 1. The van der Waals surface area contributed by atoms with E-state index in [0.29, 0.717) is 25.3 Å². The Labute approximate surface area is 155 Å². The predicted molar refractivity (Wildman–Crippen MR) is 102 cm³/mol. The molecule has 0 saturated heterocycles. The summed E-state index contributed by atoms with van der Waals surface area (Å²) in [5.41, 5.74) is 1.12. The van der Waals surface area contributed by atoms with Crippen LogP contribution in [0.3, 0.4) is 0 Å². The average Bonchev–Trinajstić information content (AvgIpc) is 2.68. The molecule has 0 radical (unpaired) electrons. The summed E-state index contributed by atoms with van der Waals surface area (Å²) in [4.78, 5) is 26.5. The SMILES string of the molecule is CCNC(=O)C(C)N(CCc1ccccc1)C(=O)COc1ccccc1. The molecule has 2 rings (SSSR count). The van der Waals surface area contributed by atoms with E-state index in [1.54, 1.807) is 24.0 Å². The van der Waals surface area contributed by atoms with Crippen molar-refractivity contribution in [1.29, 1.82) is 0 Å². The molecule has 0 bridgehead atoms. The molecule has 1 unspecified atom stereocenters. The number of amides is 2. The van der Waals surface area contributed by atoms with Crippen molar-refractivity contribution in [2.75, 3.05) is 19.7 Å². The summed E-state index contributed by atoms with van der Waals surface area (Å²) in [7, 11) is 0. The summed E-state index contributed by atoms with van der Waals surface area (Å²) in [6.07, 6.45) is 0.682. The Bertz CT molecular complexity index is 689. The van der Waals surface area contributed by atoms with Crippen molar-refractivity contribution in [3.63, 3.8) is 0 Å².